The lowest BCUT2D eigenvalue weighted by Crippen LogP contribution is -2.39. The smallest absolute Gasteiger partial charge is 0.343 e. The number of carboxylic acid groups (broad SMARTS) is 1. The molecule has 104 valence electrons. The molecule has 0 spiro atoms. The van der Waals surface area contributed by atoms with Crippen molar-refractivity contribution >= 4 is 11.9 Å². The fourth-order valence-electron chi connectivity index (χ4n) is 2.37. The highest BCUT2D eigenvalue weighted by atomic mass is 19.1. The summed E-state index contributed by atoms with van der Waals surface area (Å²) in [4.78, 5) is 24.1. The molecule has 0 aromatic carbocycles. The van der Waals surface area contributed by atoms with Gasteiger partial charge >= 0.3 is 5.97 Å². The summed E-state index contributed by atoms with van der Waals surface area (Å²) >= 11 is 0. The van der Waals surface area contributed by atoms with Gasteiger partial charge in [-0.15, -0.1) is 0 Å². The number of alkyl halides is 1. The van der Waals surface area contributed by atoms with Crippen LogP contribution in [0.1, 0.15) is 40.0 Å². The Morgan fingerprint density at radius 1 is 1.44 bits per heavy atom. The molecule has 0 radical (unpaired) electrons. The Balaban J connectivity index is 2.57. The third-order valence-corrected chi connectivity index (χ3v) is 3.86. The number of carbonyl (C=O) groups is 2. The summed E-state index contributed by atoms with van der Waals surface area (Å²) in [6.45, 7) is 6.04. The number of aliphatic carboxylic acids is 1. The summed E-state index contributed by atoms with van der Waals surface area (Å²) in [5.74, 6) is -0.918. The average Bonchev–Trinajstić information content (AvgIpc) is 2.69. The van der Waals surface area contributed by atoms with Crippen molar-refractivity contribution in [3.63, 3.8) is 0 Å². The Hall–Kier alpha value is -1.13. The molecule has 2 atom stereocenters. The number of hydrogen-bond donors (Lipinski definition) is 1. The monoisotopic (exact) mass is 259 g/mol. The van der Waals surface area contributed by atoms with Crippen LogP contribution in [0.4, 0.5) is 4.39 Å². The van der Waals surface area contributed by atoms with E-state index in [2.05, 4.69) is 13.8 Å². The fourth-order valence-corrected chi connectivity index (χ4v) is 2.37. The van der Waals surface area contributed by atoms with Gasteiger partial charge in [-0.2, -0.15) is 0 Å². The van der Waals surface area contributed by atoms with Crippen LogP contribution in [0.3, 0.4) is 0 Å². The second-order valence-electron chi connectivity index (χ2n) is 5.45. The number of carboxylic acids is 1. The van der Waals surface area contributed by atoms with Gasteiger partial charge in [0.05, 0.1) is 6.54 Å². The molecule has 0 aromatic rings. The molecule has 1 rings (SSSR count). The molecule has 1 N–H and O–H groups in total. The van der Waals surface area contributed by atoms with Crippen molar-refractivity contribution in [2.45, 2.75) is 45.7 Å². The summed E-state index contributed by atoms with van der Waals surface area (Å²) in [5.41, 5.74) is -2.25. The first-order valence-corrected chi connectivity index (χ1v) is 6.50. The van der Waals surface area contributed by atoms with Gasteiger partial charge in [0.2, 0.25) is 11.6 Å². The first-order chi connectivity index (χ1) is 8.30. The van der Waals surface area contributed by atoms with Crippen LogP contribution < -0.4 is 0 Å². The zero-order chi connectivity index (χ0) is 13.9. The largest absolute Gasteiger partial charge is 0.479 e. The molecule has 1 heterocycles. The minimum Gasteiger partial charge on any atom is -0.479 e. The number of amides is 1. The van der Waals surface area contributed by atoms with Gasteiger partial charge in [0.15, 0.2) is 0 Å². The van der Waals surface area contributed by atoms with E-state index in [9.17, 15) is 14.0 Å². The quantitative estimate of drug-likeness (QED) is 0.822. The maximum absolute atomic E-state index is 13.8. The molecule has 18 heavy (non-hydrogen) atoms. The molecule has 4 nitrogen and oxygen atoms in total. The number of hydrogen-bond acceptors (Lipinski definition) is 2. The number of carbonyl (C=O) groups excluding carboxylic acids is 1. The van der Waals surface area contributed by atoms with Crippen molar-refractivity contribution < 1.29 is 19.1 Å². The van der Waals surface area contributed by atoms with Crippen molar-refractivity contribution in [2.24, 2.45) is 11.8 Å². The molecule has 1 fully saturated rings. The molecule has 1 amide bonds. The molecular weight excluding hydrogens is 237 g/mol. The molecule has 5 heteroatoms. The molecule has 1 aliphatic heterocycles. The molecule has 1 aliphatic rings. The summed E-state index contributed by atoms with van der Waals surface area (Å²) in [5, 5.41) is 8.78. The Morgan fingerprint density at radius 2 is 2.06 bits per heavy atom. The predicted octanol–water partition coefficient (Wildman–Crippen LogP) is 2.08. The lowest BCUT2D eigenvalue weighted by molar-refractivity contribution is -0.150. The zero-order valence-corrected chi connectivity index (χ0v) is 11.3. The maximum atomic E-state index is 13.8. The highest BCUT2D eigenvalue weighted by Crippen LogP contribution is 2.28. The minimum absolute atomic E-state index is 0.105. The van der Waals surface area contributed by atoms with Crippen molar-refractivity contribution in [3.05, 3.63) is 0 Å². The molecular formula is C13H22FNO3. The van der Waals surface area contributed by atoms with E-state index in [0.717, 1.165) is 6.42 Å². The van der Waals surface area contributed by atoms with Crippen molar-refractivity contribution in [1.82, 2.24) is 4.90 Å². The molecule has 0 aromatic heterocycles. The van der Waals surface area contributed by atoms with Crippen LogP contribution in [-0.4, -0.2) is 40.6 Å². The van der Waals surface area contributed by atoms with E-state index in [1.165, 1.54) is 4.90 Å². The van der Waals surface area contributed by atoms with E-state index < -0.39 is 11.6 Å². The Kier molecular flexibility index (Phi) is 4.71. The predicted molar refractivity (Wildman–Crippen MR) is 65.9 cm³/mol. The van der Waals surface area contributed by atoms with Crippen LogP contribution in [0.5, 0.6) is 0 Å². The molecule has 1 saturated heterocycles. The molecule has 0 saturated carbocycles. The third kappa shape index (κ3) is 3.21. The number of nitrogens with zero attached hydrogens (tertiary/aromatic N) is 1. The van der Waals surface area contributed by atoms with Crippen LogP contribution >= 0.6 is 0 Å². The van der Waals surface area contributed by atoms with Crippen molar-refractivity contribution in [3.8, 4) is 0 Å². The van der Waals surface area contributed by atoms with E-state index in [-0.39, 0.29) is 31.3 Å². The van der Waals surface area contributed by atoms with E-state index in [1.807, 2.05) is 6.92 Å². The second-order valence-corrected chi connectivity index (χ2v) is 5.45. The Labute approximate surface area is 107 Å². The summed E-state index contributed by atoms with van der Waals surface area (Å²) < 4.78 is 13.8. The standard InChI is InChI=1S/C13H22FNO3/c1-4-10(9(2)3)7-11(16)15-6-5-13(14,8-15)12(17)18/h9-10H,4-8H2,1-3H3,(H,17,18). The second kappa shape index (κ2) is 5.67. The van der Waals surface area contributed by atoms with Gasteiger partial charge < -0.3 is 10.0 Å². The Morgan fingerprint density at radius 3 is 2.44 bits per heavy atom. The summed E-state index contributed by atoms with van der Waals surface area (Å²) in [6, 6.07) is 0. The maximum Gasteiger partial charge on any atom is 0.343 e. The number of halogens is 1. The van der Waals surface area contributed by atoms with Crippen LogP contribution in [0, 0.1) is 11.8 Å². The normalized spacial score (nSPS) is 25.5. The van der Waals surface area contributed by atoms with Crippen LogP contribution in [-0.2, 0) is 9.59 Å². The highest BCUT2D eigenvalue weighted by molar-refractivity contribution is 5.82. The van der Waals surface area contributed by atoms with Crippen LogP contribution in [0.25, 0.3) is 0 Å². The fraction of sp³-hybridized carbons (Fsp3) is 0.846. The first kappa shape index (κ1) is 14.9. The minimum atomic E-state index is -2.25. The number of rotatable bonds is 5. The lowest BCUT2D eigenvalue weighted by atomic mass is 9.90. The van der Waals surface area contributed by atoms with Crippen molar-refractivity contribution in [1.29, 1.82) is 0 Å². The molecule has 2 unspecified atom stereocenters. The summed E-state index contributed by atoms with van der Waals surface area (Å²) in [7, 11) is 0. The highest BCUT2D eigenvalue weighted by Gasteiger charge is 2.46. The van der Waals surface area contributed by atoms with Gasteiger partial charge in [0, 0.05) is 19.4 Å². The van der Waals surface area contributed by atoms with E-state index in [0.29, 0.717) is 12.3 Å². The molecule has 0 bridgehead atoms. The van der Waals surface area contributed by atoms with E-state index >= 15 is 0 Å². The van der Waals surface area contributed by atoms with Gasteiger partial charge in [-0.25, -0.2) is 9.18 Å². The van der Waals surface area contributed by atoms with Gasteiger partial charge in [-0.1, -0.05) is 27.2 Å². The van der Waals surface area contributed by atoms with Gasteiger partial charge in [-0.3, -0.25) is 4.79 Å². The van der Waals surface area contributed by atoms with Gasteiger partial charge in [0.1, 0.15) is 0 Å². The SMILES string of the molecule is CCC(CC(=O)N1CCC(F)(C(=O)O)C1)C(C)C. The Bertz CT molecular complexity index is 332. The third-order valence-electron chi connectivity index (χ3n) is 3.86. The average molecular weight is 259 g/mol. The summed E-state index contributed by atoms with van der Waals surface area (Å²) in [6.07, 6.45) is 1.17. The topological polar surface area (TPSA) is 57.6 Å². The zero-order valence-electron chi connectivity index (χ0n) is 11.3. The van der Waals surface area contributed by atoms with Gasteiger partial charge in [-0.05, 0) is 11.8 Å². The lowest BCUT2D eigenvalue weighted by Gasteiger charge is -2.23. The number of likely N-dealkylation sites (tertiary alicyclic amines) is 1. The van der Waals surface area contributed by atoms with Crippen LogP contribution in [0.15, 0.2) is 0 Å². The van der Waals surface area contributed by atoms with E-state index in [4.69, 9.17) is 5.11 Å². The van der Waals surface area contributed by atoms with Crippen molar-refractivity contribution in [2.75, 3.05) is 13.1 Å². The van der Waals surface area contributed by atoms with Gasteiger partial charge in [0.25, 0.3) is 0 Å². The van der Waals surface area contributed by atoms with Crippen LogP contribution in [0.2, 0.25) is 0 Å². The molecule has 0 aliphatic carbocycles. The van der Waals surface area contributed by atoms with E-state index in [1.54, 1.807) is 0 Å². The first-order valence-electron chi connectivity index (χ1n) is 6.50.